The molecule has 3 N–H and O–H groups in total. The number of ether oxygens (including phenoxy) is 2. The maximum absolute atomic E-state index is 15.4. The van der Waals surface area contributed by atoms with Crippen LogP contribution in [0.4, 0.5) is 15.8 Å². The van der Waals surface area contributed by atoms with Crippen LogP contribution in [0, 0.1) is 5.82 Å². The van der Waals surface area contributed by atoms with E-state index in [9.17, 15) is 9.59 Å². The summed E-state index contributed by atoms with van der Waals surface area (Å²) in [7, 11) is 3.11. The van der Waals surface area contributed by atoms with Gasteiger partial charge in [-0.15, -0.1) is 0 Å². The highest BCUT2D eigenvalue weighted by Gasteiger charge is 2.38. The first-order valence-corrected chi connectivity index (χ1v) is 14.1. The molecule has 1 aromatic heterocycles. The average molecular weight is 575 g/mol. The molecule has 0 saturated heterocycles. The number of hydrogen-bond donors (Lipinski definition) is 2. The first-order valence-electron chi connectivity index (χ1n) is 13.3. The number of para-hydroxylation sites is 1. The highest BCUT2D eigenvalue weighted by Crippen LogP contribution is 2.38. The van der Waals surface area contributed by atoms with E-state index >= 15 is 4.39 Å². The quantitative estimate of drug-likeness (QED) is 0.254. The maximum Gasteiger partial charge on any atom is 0.273 e. The zero-order chi connectivity index (χ0) is 28.9. The monoisotopic (exact) mass is 574 g/mol. The molecule has 212 valence electrons. The summed E-state index contributed by atoms with van der Waals surface area (Å²) in [6.45, 7) is 0. The van der Waals surface area contributed by atoms with Gasteiger partial charge in [0.25, 0.3) is 5.91 Å². The molecule has 5 rings (SSSR count). The number of amides is 2. The number of nitrogen functional groups attached to an aromatic ring is 1. The number of hydrogen-bond acceptors (Lipinski definition) is 7. The molecule has 1 atom stereocenters. The Bertz CT molecular complexity index is 1520. The maximum atomic E-state index is 15.4. The molecule has 1 heterocycles. The Kier molecular flexibility index (Phi) is 8.49. The van der Waals surface area contributed by atoms with Crippen LogP contribution in [-0.4, -0.2) is 36.4 Å². The van der Waals surface area contributed by atoms with Gasteiger partial charge in [0.15, 0.2) is 0 Å². The van der Waals surface area contributed by atoms with Crippen LogP contribution in [0.5, 0.6) is 11.5 Å². The van der Waals surface area contributed by atoms with Crippen LogP contribution in [-0.2, 0) is 4.79 Å². The van der Waals surface area contributed by atoms with E-state index in [-0.39, 0.29) is 22.3 Å². The molecular formula is C31H31FN4O4S. The Balaban J connectivity index is 1.61. The second kappa shape index (κ2) is 12.4. The number of carbonyl (C=O) groups excluding carboxylic acids is 2. The molecular weight excluding hydrogens is 543 g/mol. The van der Waals surface area contributed by atoms with E-state index in [1.165, 1.54) is 23.1 Å². The number of nitrogens with zero attached hydrogens (tertiary/aromatic N) is 2. The summed E-state index contributed by atoms with van der Waals surface area (Å²) in [5.74, 6) is -0.431. The number of anilines is 2. The van der Waals surface area contributed by atoms with Crippen LogP contribution in [0.3, 0.4) is 0 Å². The van der Waals surface area contributed by atoms with E-state index in [1.807, 2.05) is 0 Å². The summed E-state index contributed by atoms with van der Waals surface area (Å²) in [5, 5.41) is 3.10. The molecule has 10 heteroatoms. The number of aromatic nitrogens is 1. The summed E-state index contributed by atoms with van der Waals surface area (Å²) >= 11 is 0.910. The number of rotatable bonds is 9. The molecule has 2 amide bonds. The Labute approximate surface area is 242 Å². The minimum absolute atomic E-state index is 0.0176. The predicted molar refractivity (Wildman–Crippen MR) is 158 cm³/mol. The third-order valence-electron chi connectivity index (χ3n) is 7.26. The fraction of sp³-hybridized carbons (Fsp3) is 0.258. The minimum atomic E-state index is -1.18. The van der Waals surface area contributed by atoms with Crippen molar-refractivity contribution < 1.29 is 23.5 Å². The van der Waals surface area contributed by atoms with Crippen LogP contribution >= 0.6 is 11.5 Å². The van der Waals surface area contributed by atoms with Gasteiger partial charge in [0.2, 0.25) is 5.91 Å². The van der Waals surface area contributed by atoms with Crippen LogP contribution in [0.15, 0.2) is 72.8 Å². The van der Waals surface area contributed by atoms with Crippen LogP contribution < -0.4 is 25.4 Å². The summed E-state index contributed by atoms with van der Waals surface area (Å²) in [5.41, 5.74) is 8.23. The number of carbonyl (C=O) groups is 2. The van der Waals surface area contributed by atoms with Crippen molar-refractivity contribution in [3.63, 3.8) is 0 Å². The molecule has 1 unspecified atom stereocenters. The van der Waals surface area contributed by atoms with Crippen molar-refractivity contribution in [2.75, 3.05) is 24.9 Å². The van der Waals surface area contributed by atoms with Gasteiger partial charge < -0.3 is 20.5 Å². The van der Waals surface area contributed by atoms with Crippen molar-refractivity contribution in [1.29, 1.82) is 0 Å². The Hall–Kier alpha value is -4.44. The lowest BCUT2D eigenvalue weighted by Gasteiger charge is -2.32. The van der Waals surface area contributed by atoms with Crippen molar-refractivity contribution in [3.05, 3.63) is 89.1 Å². The third kappa shape index (κ3) is 5.88. The van der Waals surface area contributed by atoms with Crippen LogP contribution in [0.25, 0.3) is 11.3 Å². The fourth-order valence-electron chi connectivity index (χ4n) is 5.08. The van der Waals surface area contributed by atoms with Crippen molar-refractivity contribution in [1.82, 2.24) is 9.69 Å². The Morgan fingerprint density at radius 3 is 2.20 bits per heavy atom. The Morgan fingerprint density at radius 1 is 0.976 bits per heavy atom. The summed E-state index contributed by atoms with van der Waals surface area (Å²) in [4.78, 5) is 29.6. The predicted octanol–water partition coefficient (Wildman–Crippen LogP) is 6.00. The molecule has 0 radical (unpaired) electrons. The van der Waals surface area contributed by atoms with Crippen LogP contribution in [0.2, 0.25) is 0 Å². The van der Waals surface area contributed by atoms with Gasteiger partial charge in [-0.2, -0.15) is 4.37 Å². The highest BCUT2D eigenvalue weighted by atomic mass is 32.1. The van der Waals surface area contributed by atoms with Crippen LogP contribution in [0.1, 0.15) is 47.0 Å². The normalized spacial score (nSPS) is 13.9. The molecule has 4 aromatic rings. The topological polar surface area (TPSA) is 107 Å². The van der Waals surface area contributed by atoms with Gasteiger partial charge in [-0.3, -0.25) is 14.5 Å². The third-order valence-corrected chi connectivity index (χ3v) is 8.11. The zero-order valence-corrected chi connectivity index (χ0v) is 23.6. The standard InChI is InChI=1S/C31H31FN4O4S/c1-39-22-15-11-19(12-16-22)27-26(33)29(41-35-27)31(38)36(25-10-6-5-9-24(25)32)28(20-13-17-23(40-2)18-14-20)30(37)34-21-7-3-4-8-21/h5-6,9-18,21,28H,3-4,7-8,33H2,1-2H3,(H,34,37). The first kappa shape index (κ1) is 28.1. The van der Waals surface area contributed by atoms with Gasteiger partial charge in [-0.05, 0) is 78.5 Å². The number of halogens is 1. The number of nitrogens with one attached hydrogen (secondary N) is 1. The van der Waals surface area contributed by atoms with Crippen molar-refractivity contribution in [2.24, 2.45) is 0 Å². The lowest BCUT2D eigenvalue weighted by atomic mass is 10.0. The van der Waals surface area contributed by atoms with E-state index in [0.717, 1.165) is 37.2 Å². The number of nitrogens with two attached hydrogens (primary N) is 1. The van der Waals surface area contributed by atoms with Gasteiger partial charge in [0, 0.05) is 11.6 Å². The van der Waals surface area contributed by atoms with Gasteiger partial charge in [-0.25, -0.2) is 4.39 Å². The smallest absolute Gasteiger partial charge is 0.273 e. The van der Waals surface area contributed by atoms with E-state index in [1.54, 1.807) is 68.8 Å². The second-order valence-electron chi connectivity index (χ2n) is 9.79. The summed E-state index contributed by atoms with van der Waals surface area (Å²) in [6, 6.07) is 18.7. The minimum Gasteiger partial charge on any atom is -0.497 e. The molecule has 1 saturated carbocycles. The molecule has 1 fully saturated rings. The molecule has 0 bridgehead atoms. The van der Waals surface area contributed by atoms with Crippen molar-refractivity contribution in [2.45, 2.75) is 37.8 Å². The SMILES string of the molecule is COc1ccc(-c2nsc(C(=O)N(c3ccccc3F)C(C(=O)NC3CCCC3)c3ccc(OC)cc3)c2N)cc1. The second-order valence-corrected chi connectivity index (χ2v) is 10.6. The van der Waals surface area contributed by atoms with Gasteiger partial charge in [-0.1, -0.05) is 37.1 Å². The number of benzene rings is 3. The van der Waals surface area contributed by atoms with E-state index in [2.05, 4.69) is 9.69 Å². The largest absolute Gasteiger partial charge is 0.497 e. The first-order chi connectivity index (χ1) is 19.9. The van der Waals surface area contributed by atoms with E-state index in [0.29, 0.717) is 28.3 Å². The Morgan fingerprint density at radius 2 is 1.59 bits per heavy atom. The van der Waals surface area contributed by atoms with E-state index in [4.69, 9.17) is 15.2 Å². The molecule has 0 aliphatic heterocycles. The van der Waals surface area contributed by atoms with Gasteiger partial charge >= 0.3 is 0 Å². The molecule has 1 aliphatic rings. The van der Waals surface area contributed by atoms with Gasteiger partial charge in [0.05, 0.1) is 25.6 Å². The molecule has 3 aromatic carbocycles. The fourth-order valence-corrected chi connectivity index (χ4v) is 5.84. The van der Waals surface area contributed by atoms with Crippen molar-refractivity contribution >= 4 is 34.7 Å². The molecule has 1 aliphatic carbocycles. The average Bonchev–Trinajstić information content (AvgIpc) is 3.65. The van der Waals surface area contributed by atoms with Gasteiger partial charge in [0.1, 0.15) is 33.9 Å². The summed E-state index contributed by atoms with van der Waals surface area (Å²) in [6.07, 6.45) is 3.72. The number of methoxy groups -OCH3 is 2. The molecule has 8 nitrogen and oxygen atoms in total. The molecule has 0 spiro atoms. The lowest BCUT2D eigenvalue weighted by Crippen LogP contribution is -2.46. The van der Waals surface area contributed by atoms with Crippen molar-refractivity contribution in [3.8, 4) is 22.8 Å². The summed E-state index contributed by atoms with van der Waals surface area (Å²) < 4.78 is 30.4. The zero-order valence-electron chi connectivity index (χ0n) is 22.8. The lowest BCUT2D eigenvalue weighted by molar-refractivity contribution is -0.123. The van der Waals surface area contributed by atoms with E-state index < -0.39 is 23.7 Å². The highest BCUT2D eigenvalue weighted by molar-refractivity contribution is 7.09. The molecule has 41 heavy (non-hydrogen) atoms.